The quantitative estimate of drug-likeness (QED) is 0.570. The number of halogens is 1. The Balaban J connectivity index is 1.40. The molecule has 8 nitrogen and oxygen atoms in total. The van der Waals surface area contributed by atoms with Gasteiger partial charge in [-0.2, -0.15) is 5.10 Å². The van der Waals surface area contributed by atoms with Crippen LogP contribution in [0.2, 0.25) is 5.02 Å². The Kier molecular flexibility index (Phi) is 6.37. The zero-order chi connectivity index (χ0) is 21.1. The van der Waals surface area contributed by atoms with E-state index in [0.717, 1.165) is 23.4 Å². The summed E-state index contributed by atoms with van der Waals surface area (Å²) < 4.78 is 27.8. The highest BCUT2D eigenvalue weighted by atomic mass is 35.5. The van der Waals surface area contributed by atoms with Crippen LogP contribution >= 0.6 is 22.9 Å². The molecule has 1 saturated heterocycles. The number of benzene rings is 1. The third-order valence-corrected chi connectivity index (χ3v) is 8.32. The van der Waals surface area contributed by atoms with Crippen LogP contribution in [-0.4, -0.2) is 51.5 Å². The molecule has 0 aliphatic carbocycles. The Bertz CT molecular complexity index is 1110. The van der Waals surface area contributed by atoms with Gasteiger partial charge in [-0.25, -0.2) is 12.7 Å². The summed E-state index contributed by atoms with van der Waals surface area (Å²) in [6.07, 6.45) is 3.62. The second-order valence-electron chi connectivity index (χ2n) is 7.16. The molecule has 0 saturated carbocycles. The summed E-state index contributed by atoms with van der Waals surface area (Å²) in [5, 5.41) is 18.4. The molecule has 1 aliphatic heterocycles. The molecule has 160 valence electrons. The van der Waals surface area contributed by atoms with Crippen LogP contribution in [0.4, 0.5) is 10.9 Å². The molecule has 0 unspecified atom stereocenters. The van der Waals surface area contributed by atoms with Crippen LogP contribution in [0.3, 0.4) is 0 Å². The van der Waals surface area contributed by atoms with Crippen molar-refractivity contribution in [3.63, 3.8) is 0 Å². The summed E-state index contributed by atoms with van der Waals surface area (Å²) in [4.78, 5) is 0. The van der Waals surface area contributed by atoms with Gasteiger partial charge >= 0.3 is 0 Å². The van der Waals surface area contributed by atoms with Gasteiger partial charge in [0.25, 0.3) is 0 Å². The van der Waals surface area contributed by atoms with E-state index in [4.69, 9.17) is 11.6 Å². The minimum Gasteiger partial charge on any atom is -0.313 e. The van der Waals surface area contributed by atoms with Crippen LogP contribution < -0.4 is 5.32 Å². The van der Waals surface area contributed by atoms with E-state index in [2.05, 4.69) is 20.6 Å². The minimum atomic E-state index is -3.18. The maximum Gasteiger partial charge on any atom is 0.213 e. The van der Waals surface area contributed by atoms with Crippen LogP contribution in [-0.2, 0) is 16.6 Å². The lowest BCUT2D eigenvalue weighted by Crippen LogP contribution is -2.39. The second-order valence-corrected chi connectivity index (χ2v) is 10.8. The average molecular weight is 467 g/mol. The third-order valence-electron chi connectivity index (χ3n) is 5.10. The molecule has 3 heterocycles. The Labute approximate surface area is 184 Å². The largest absolute Gasteiger partial charge is 0.313 e. The molecule has 2 aromatic heterocycles. The summed E-state index contributed by atoms with van der Waals surface area (Å²) >= 11 is 7.67. The average Bonchev–Trinajstić information content (AvgIpc) is 3.40. The van der Waals surface area contributed by atoms with E-state index in [0.29, 0.717) is 35.6 Å². The van der Waals surface area contributed by atoms with Crippen LogP contribution in [0, 0.1) is 0 Å². The lowest BCUT2D eigenvalue weighted by atomic mass is 10.0. The predicted octanol–water partition coefficient (Wildman–Crippen LogP) is 3.71. The summed E-state index contributed by atoms with van der Waals surface area (Å²) in [6, 6.07) is 9.55. The first kappa shape index (κ1) is 21.2. The molecule has 1 fully saturated rings. The first-order valence-electron chi connectivity index (χ1n) is 9.79. The molecule has 4 rings (SSSR count). The number of sulfonamides is 1. The van der Waals surface area contributed by atoms with Crippen molar-refractivity contribution in [2.24, 2.45) is 0 Å². The summed E-state index contributed by atoms with van der Waals surface area (Å²) in [5.74, 6) is 0.869. The molecule has 1 aromatic carbocycles. The number of nitrogens with one attached hydrogen (secondary N) is 1. The fraction of sp³-hybridized carbons (Fsp3) is 0.421. The molecule has 0 spiro atoms. The van der Waals surface area contributed by atoms with E-state index in [1.54, 1.807) is 15.9 Å². The molecule has 3 aromatic rings. The molecule has 1 atom stereocenters. The van der Waals surface area contributed by atoms with Gasteiger partial charge in [-0.05, 0) is 31.4 Å². The van der Waals surface area contributed by atoms with E-state index in [1.807, 2.05) is 36.5 Å². The highest BCUT2D eigenvalue weighted by Crippen LogP contribution is 2.32. The SMILES string of the molecule is CCS(=O)(=O)N1CCC[C@H](c2nnc(Nc3ccn(Cc4ccccc4Cl)n3)s2)C1. The highest BCUT2D eigenvalue weighted by Gasteiger charge is 2.30. The number of hydrogen-bond donors (Lipinski definition) is 1. The lowest BCUT2D eigenvalue weighted by Gasteiger charge is -2.30. The van der Waals surface area contributed by atoms with Gasteiger partial charge in [-0.1, -0.05) is 41.1 Å². The third kappa shape index (κ3) is 4.83. The summed E-state index contributed by atoms with van der Waals surface area (Å²) in [7, 11) is -3.18. The van der Waals surface area contributed by atoms with Crippen molar-refractivity contribution < 1.29 is 8.42 Å². The van der Waals surface area contributed by atoms with E-state index >= 15 is 0 Å². The van der Waals surface area contributed by atoms with Gasteiger partial charge in [0.2, 0.25) is 15.2 Å². The van der Waals surface area contributed by atoms with Gasteiger partial charge in [-0.3, -0.25) is 4.68 Å². The Morgan fingerprint density at radius 3 is 2.90 bits per heavy atom. The Morgan fingerprint density at radius 2 is 2.10 bits per heavy atom. The smallest absolute Gasteiger partial charge is 0.213 e. The maximum absolute atomic E-state index is 12.2. The van der Waals surface area contributed by atoms with Gasteiger partial charge in [0.05, 0.1) is 12.3 Å². The van der Waals surface area contributed by atoms with Crippen molar-refractivity contribution in [3.05, 3.63) is 52.1 Å². The van der Waals surface area contributed by atoms with Crippen LogP contribution in [0.15, 0.2) is 36.5 Å². The fourth-order valence-corrected chi connectivity index (χ4v) is 5.71. The van der Waals surface area contributed by atoms with Gasteiger partial charge < -0.3 is 5.32 Å². The van der Waals surface area contributed by atoms with Crippen molar-refractivity contribution in [2.75, 3.05) is 24.2 Å². The van der Waals surface area contributed by atoms with Gasteiger partial charge in [0.15, 0.2) is 5.82 Å². The van der Waals surface area contributed by atoms with Crippen LogP contribution in [0.5, 0.6) is 0 Å². The maximum atomic E-state index is 12.2. The van der Waals surface area contributed by atoms with Crippen molar-refractivity contribution in [1.82, 2.24) is 24.3 Å². The molecular formula is C19H23ClN6O2S2. The summed E-state index contributed by atoms with van der Waals surface area (Å²) in [6.45, 7) is 3.31. The second kappa shape index (κ2) is 9.01. The highest BCUT2D eigenvalue weighted by molar-refractivity contribution is 7.89. The fourth-order valence-electron chi connectivity index (χ4n) is 3.46. The van der Waals surface area contributed by atoms with Gasteiger partial charge in [-0.15, -0.1) is 10.2 Å². The molecular weight excluding hydrogens is 444 g/mol. The van der Waals surface area contributed by atoms with E-state index in [-0.39, 0.29) is 11.7 Å². The molecule has 30 heavy (non-hydrogen) atoms. The van der Waals surface area contributed by atoms with Crippen molar-refractivity contribution in [3.8, 4) is 0 Å². The standard InChI is InChI=1S/C19H23ClN6O2S2/c1-2-30(27,28)26-10-5-7-15(13-26)18-22-23-19(29-18)21-17-9-11-25(24-17)12-14-6-3-4-8-16(14)20/h3-4,6,8-9,11,15H,2,5,7,10,12-13H2,1H3,(H,21,23,24)/t15-/m0/s1. The van der Waals surface area contributed by atoms with E-state index in [9.17, 15) is 8.42 Å². The lowest BCUT2D eigenvalue weighted by molar-refractivity contribution is 0.315. The van der Waals surface area contributed by atoms with Crippen LogP contribution in [0.25, 0.3) is 0 Å². The number of piperidine rings is 1. The Morgan fingerprint density at radius 1 is 1.27 bits per heavy atom. The van der Waals surface area contributed by atoms with Crippen LogP contribution in [0.1, 0.15) is 36.3 Å². The van der Waals surface area contributed by atoms with Gasteiger partial charge in [0, 0.05) is 36.3 Å². The number of hydrogen-bond acceptors (Lipinski definition) is 7. The molecule has 0 amide bonds. The van der Waals surface area contributed by atoms with Crippen molar-refractivity contribution >= 4 is 43.9 Å². The number of aromatic nitrogens is 4. The zero-order valence-corrected chi connectivity index (χ0v) is 18.9. The molecule has 0 radical (unpaired) electrons. The first-order valence-corrected chi connectivity index (χ1v) is 12.6. The molecule has 0 bridgehead atoms. The number of anilines is 2. The normalized spacial score (nSPS) is 17.9. The minimum absolute atomic E-state index is 0.0749. The predicted molar refractivity (Wildman–Crippen MR) is 119 cm³/mol. The monoisotopic (exact) mass is 466 g/mol. The van der Waals surface area contributed by atoms with Crippen molar-refractivity contribution in [1.29, 1.82) is 0 Å². The topological polar surface area (TPSA) is 93.0 Å². The Hall–Kier alpha value is -2.01. The molecule has 1 N–H and O–H groups in total. The molecule has 11 heteroatoms. The molecule has 1 aliphatic rings. The number of nitrogens with zero attached hydrogens (tertiary/aromatic N) is 5. The first-order chi connectivity index (χ1) is 14.4. The summed E-state index contributed by atoms with van der Waals surface area (Å²) in [5.41, 5.74) is 0.996. The van der Waals surface area contributed by atoms with E-state index < -0.39 is 10.0 Å². The number of rotatable bonds is 7. The van der Waals surface area contributed by atoms with E-state index in [1.165, 1.54) is 11.3 Å². The van der Waals surface area contributed by atoms with Crippen molar-refractivity contribution in [2.45, 2.75) is 32.2 Å². The van der Waals surface area contributed by atoms with Gasteiger partial charge in [0.1, 0.15) is 5.01 Å². The zero-order valence-electron chi connectivity index (χ0n) is 16.5.